The Bertz CT molecular complexity index is 767. The second-order valence-electron chi connectivity index (χ2n) is 6.86. The molecule has 3 atom stereocenters. The number of halogens is 1. The number of anilines is 1. The molecule has 0 saturated heterocycles. The van der Waals surface area contributed by atoms with Crippen LogP contribution in [0.2, 0.25) is 5.02 Å². The summed E-state index contributed by atoms with van der Waals surface area (Å²) in [7, 11) is 2.18. The SMILES string of the molecule is C/C=S(/C)N(C)c1ccc(OCC(O)CNC(C)Cc2cccc(Cl)c2)cc1. The fourth-order valence-electron chi connectivity index (χ4n) is 2.75. The minimum absolute atomic E-state index is 0.0979. The van der Waals surface area contributed by atoms with E-state index in [2.05, 4.69) is 48.2 Å². The second-order valence-corrected chi connectivity index (χ2v) is 9.36. The van der Waals surface area contributed by atoms with Gasteiger partial charge in [0.05, 0.1) is 0 Å². The summed E-state index contributed by atoms with van der Waals surface area (Å²) in [6, 6.07) is 16.1. The highest BCUT2D eigenvalue weighted by atomic mass is 35.5. The normalized spacial score (nSPS) is 14.5. The van der Waals surface area contributed by atoms with Crippen molar-refractivity contribution in [3.63, 3.8) is 0 Å². The molecule has 0 aliphatic rings. The Morgan fingerprint density at radius 1 is 1.25 bits per heavy atom. The zero-order valence-electron chi connectivity index (χ0n) is 17.1. The molecule has 6 heteroatoms. The van der Waals surface area contributed by atoms with E-state index in [0.29, 0.717) is 6.54 Å². The summed E-state index contributed by atoms with van der Waals surface area (Å²) >= 11 is 6.02. The van der Waals surface area contributed by atoms with Gasteiger partial charge in [-0.2, -0.15) is 0 Å². The molecule has 0 radical (unpaired) electrons. The van der Waals surface area contributed by atoms with E-state index >= 15 is 0 Å². The summed E-state index contributed by atoms with van der Waals surface area (Å²) < 4.78 is 7.95. The standard InChI is InChI=1S/C22H31ClN2O2S/c1-5-28(4)25(3)20-9-11-22(12-10-20)27-16-21(26)15-24-17(2)13-18-7-6-8-19(23)14-18/h5-12,14,17,21,24,26H,13,15-16H2,1-4H3. The molecule has 28 heavy (non-hydrogen) atoms. The van der Waals surface area contributed by atoms with Crippen LogP contribution in [-0.2, 0) is 6.42 Å². The van der Waals surface area contributed by atoms with Crippen molar-refractivity contribution in [2.24, 2.45) is 0 Å². The van der Waals surface area contributed by atoms with Gasteiger partial charge in [-0.05, 0) is 73.9 Å². The summed E-state index contributed by atoms with van der Waals surface area (Å²) in [6.07, 6.45) is 2.47. The minimum atomic E-state index is -0.569. The Morgan fingerprint density at radius 2 is 1.96 bits per heavy atom. The van der Waals surface area contributed by atoms with Crippen molar-refractivity contribution >= 4 is 33.3 Å². The molecule has 0 amide bonds. The second kappa shape index (κ2) is 11.5. The number of aliphatic hydroxyl groups excluding tert-OH is 1. The molecule has 2 N–H and O–H groups in total. The van der Waals surface area contributed by atoms with Crippen molar-refractivity contribution in [2.75, 3.05) is 30.8 Å². The van der Waals surface area contributed by atoms with Crippen molar-refractivity contribution in [1.82, 2.24) is 5.32 Å². The maximum absolute atomic E-state index is 10.2. The molecule has 2 aromatic rings. The number of hydrogen-bond donors (Lipinski definition) is 2. The zero-order valence-corrected chi connectivity index (χ0v) is 18.6. The minimum Gasteiger partial charge on any atom is -0.491 e. The number of aliphatic hydroxyl groups is 1. The fourth-order valence-corrected chi connectivity index (χ4v) is 3.74. The Hall–Kier alpha value is -1.53. The van der Waals surface area contributed by atoms with Gasteiger partial charge in [-0.3, -0.25) is 0 Å². The maximum Gasteiger partial charge on any atom is 0.119 e. The predicted molar refractivity (Wildman–Crippen MR) is 124 cm³/mol. The molecule has 0 aliphatic carbocycles. The molecule has 3 unspecified atom stereocenters. The summed E-state index contributed by atoms with van der Waals surface area (Å²) in [4.78, 5) is 0. The largest absolute Gasteiger partial charge is 0.491 e. The first kappa shape index (κ1) is 22.8. The van der Waals surface area contributed by atoms with Gasteiger partial charge in [0.2, 0.25) is 0 Å². The summed E-state index contributed by atoms with van der Waals surface area (Å²) in [5.41, 5.74) is 2.33. The van der Waals surface area contributed by atoms with Crippen molar-refractivity contribution in [3.05, 3.63) is 59.1 Å². The highest BCUT2D eigenvalue weighted by Crippen LogP contribution is 2.25. The Balaban J connectivity index is 1.74. The third-order valence-electron chi connectivity index (χ3n) is 4.55. The summed E-state index contributed by atoms with van der Waals surface area (Å²) in [5, 5.41) is 16.5. The first-order valence-corrected chi connectivity index (χ1v) is 11.5. The van der Waals surface area contributed by atoms with E-state index < -0.39 is 6.10 Å². The van der Waals surface area contributed by atoms with Crippen molar-refractivity contribution in [1.29, 1.82) is 0 Å². The first-order valence-electron chi connectivity index (χ1n) is 9.46. The molecule has 2 aromatic carbocycles. The molecule has 154 valence electrons. The van der Waals surface area contributed by atoms with E-state index in [1.54, 1.807) is 0 Å². The average Bonchev–Trinajstić information content (AvgIpc) is 2.70. The average molecular weight is 423 g/mol. The highest BCUT2D eigenvalue weighted by molar-refractivity contribution is 8.15. The fraction of sp³-hybridized carbons (Fsp3) is 0.409. The molecule has 0 saturated carbocycles. The van der Waals surface area contributed by atoms with Gasteiger partial charge in [-0.1, -0.05) is 23.7 Å². The molecule has 4 nitrogen and oxygen atoms in total. The molecule has 0 bridgehead atoms. The van der Waals surface area contributed by atoms with Crippen LogP contribution in [0.3, 0.4) is 0 Å². The van der Waals surface area contributed by atoms with Gasteiger partial charge in [0.15, 0.2) is 0 Å². The van der Waals surface area contributed by atoms with Crippen molar-refractivity contribution < 1.29 is 9.84 Å². The van der Waals surface area contributed by atoms with Gasteiger partial charge in [-0.25, -0.2) is 0 Å². The first-order chi connectivity index (χ1) is 13.4. The lowest BCUT2D eigenvalue weighted by atomic mass is 10.1. The van der Waals surface area contributed by atoms with Crippen LogP contribution in [0.15, 0.2) is 48.5 Å². The van der Waals surface area contributed by atoms with Crippen molar-refractivity contribution in [2.45, 2.75) is 32.4 Å². The topological polar surface area (TPSA) is 44.7 Å². The maximum atomic E-state index is 10.2. The Morgan fingerprint density at radius 3 is 2.61 bits per heavy atom. The number of hydrogen-bond acceptors (Lipinski definition) is 4. The number of nitrogens with zero attached hydrogens (tertiary/aromatic N) is 1. The van der Waals surface area contributed by atoms with Crippen LogP contribution >= 0.6 is 22.3 Å². The van der Waals surface area contributed by atoms with E-state index in [4.69, 9.17) is 16.3 Å². The van der Waals surface area contributed by atoms with E-state index in [9.17, 15) is 5.11 Å². The third kappa shape index (κ3) is 7.47. The van der Waals surface area contributed by atoms with Crippen LogP contribution in [0, 0.1) is 0 Å². The molecule has 0 heterocycles. The molecular weight excluding hydrogens is 392 g/mol. The van der Waals surface area contributed by atoms with E-state index in [1.807, 2.05) is 42.5 Å². The van der Waals surface area contributed by atoms with Crippen LogP contribution in [-0.4, -0.2) is 49.1 Å². The van der Waals surface area contributed by atoms with E-state index in [0.717, 1.165) is 22.9 Å². The van der Waals surface area contributed by atoms with Gasteiger partial charge in [0.1, 0.15) is 18.5 Å². The quantitative estimate of drug-likeness (QED) is 0.558. The summed E-state index contributed by atoms with van der Waals surface area (Å²) in [5.74, 6) is 0.764. The van der Waals surface area contributed by atoms with Crippen molar-refractivity contribution in [3.8, 4) is 5.75 Å². The van der Waals surface area contributed by atoms with Gasteiger partial charge >= 0.3 is 0 Å². The third-order valence-corrected chi connectivity index (χ3v) is 6.54. The zero-order chi connectivity index (χ0) is 20.5. The van der Waals surface area contributed by atoms with Crippen LogP contribution in [0.5, 0.6) is 5.75 Å². The van der Waals surface area contributed by atoms with Gasteiger partial charge in [-0.15, -0.1) is 10.7 Å². The number of ether oxygens (including phenoxy) is 1. The lowest BCUT2D eigenvalue weighted by Crippen LogP contribution is -2.37. The molecule has 2 rings (SSSR count). The van der Waals surface area contributed by atoms with E-state index in [1.165, 1.54) is 5.56 Å². The smallest absolute Gasteiger partial charge is 0.119 e. The van der Waals surface area contributed by atoms with Crippen LogP contribution < -0.4 is 14.4 Å². The lowest BCUT2D eigenvalue weighted by Gasteiger charge is -2.21. The molecule has 0 fully saturated rings. The van der Waals surface area contributed by atoms with Gasteiger partial charge in [0, 0.05) is 30.3 Å². The number of nitrogens with one attached hydrogen (secondary N) is 1. The molecular formula is C22H31ClN2O2S. The summed E-state index contributed by atoms with van der Waals surface area (Å²) in [6.45, 7) is 4.90. The van der Waals surface area contributed by atoms with Crippen LogP contribution in [0.25, 0.3) is 0 Å². The number of rotatable bonds is 10. The molecule has 0 aliphatic heterocycles. The molecule has 0 spiro atoms. The van der Waals surface area contributed by atoms with Crippen LogP contribution in [0.4, 0.5) is 5.69 Å². The van der Waals surface area contributed by atoms with Crippen LogP contribution in [0.1, 0.15) is 19.4 Å². The van der Waals surface area contributed by atoms with E-state index in [-0.39, 0.29) is 23.3 Å². The highest BCUT2D eigenvalue weighted by Gasteiger charge is 2.09. The monoisotopic (exact) mass is 422 g/mol. The Labute approximate surface area is 176 Å². The van der Waals surface area contributed by atoms with Gasteiger partial charge in [0.25, 0.3) is 0 Å². The van der Waals surface area contributed by atoms with Gasteiger partial charge < -0.3 is 19.5 Å². The lowest BCUT2D eigenvalue weighted by molar-refractivity contribution is 0.104. The number of benzene rings is 2. The molecule has 0 aromatic heterocycles. The Kier molecular flexibility index (Phi) is 9.32. The predicted octanol–water partition coefficient (Wildman–Crippen LogP) is 4.37.